The number of hydrogen-bond donors (Lipinski definition) is 4. The van der Waals surface area contributed by atoms with Gasteiger partial charge in [-0.15, -0.1) is 10.2 Å². The van der Waals surface area contributed by atoms with Gasteiger partial charge in [0.05, 0.1) is 11.0 Å². The van der Waals surface area contributed by atoms with E-state index in [0.717, 1.165) is 71.5 Å². The number of carbonyl (C=O) groups is 2. The average Bonchev–Trinajstić information content (AvgIpc) is 3.79. The zero-order chi connectivity index (χ0) is 39.6. The number of fused-ring (bicyclic) bond motifs is 6. The first-order chi connectivity index (χ1) is 28.4. The van der Waals surface area contributed by atoms with Crippen LogP contribution in [0.15, 0.2) is 97.1 Å². The molecule has 4 N–H and O–H groups in total. The van der Waals surface area contributed by atoms with E-state index in [1.54, 1.807) is 9.03 Å². The third-order valence-corrected chi connectivity index (χ3v) is 10.7. The predicted molar refractivity (Wildman–Crippen MR) is 226 cm³/mol. The molecule has 4 aromatic carbocycles. The summed E-state index contributed by atoms with van der Waals surface area (Å²) in [5, 5.41) is 25.0. The molecule has 2 aliphatic heterocycles. The number of anilines is 2. The van der Waals surface area contributed by atoms with E-state index >= 15 is 0 Å². The highest BCUT2D eigenvalue weighted by Gasteiger charge is 2.25. The van der Waals surface area contributed by atoms with E-state index in [0.29, 0.717) is 58.0 Å². The monoisotopic (exact) mass is 812 g/mol. The summed E-state index contributed by atoms with van der Waals surface area (Å²) < 4.78 is 3.37. The molecule has 2 amide bonds. The van der Waals surface area contributed by atoms with Gasteiger partial charge in [0.2, 0.25) is 23.7 Å². The van der Waals surface area contributed by atoms with Gasteiger partial charge in [0.15, 0.2) is 22.9 Å². The lowest BCUT2D eigenvalue weighted by Gasteiger charge is -2.16. The van der Waals surface area contributed by atoms with Crippen molar-refractivity contribution in [1.29, 1.82) is 0 Å². The lowest BCUT2D eigenvalue weighted by molar-refractivity contribution is -0.122. The topological polar surface area (TPSA) is 168 Å². The van der Waals surface area contributed by atoms with Gasteiger partial charge in [-0.3, -0.25) is 9.59 Å². The largest absolute Gasteiger partial charge is 0.354 e. The van der Waals surface area contributed by atoms with E-state index in [1.807, 2.05) is 97.1 Å². The van der Waals surface area contributed by atoms with Crippen LogP contribution in [-0.2, 0) is 9.59 Å². The number of rotatable bonds is 6. The van der Waals surface area contributed by atoms with Crippen LogP contribution in [-0.4, -0.2) is 76.2 Å². The highest BCUT2D eigenvalue weighted by Crippen LogP contribution is 2.28. The summed E-state index contributed by atoms with van der Waals surface area (Å²) in [7, 11) is 0. The molecule has 0 spiro atoms. The van der Waals surface area contributed by atoms with Crippen LogP contribution in [0.5, 0.6) is 0 Å². The maximum absolute atomic E-state index is 12.4. The fourth-order valence-corrected chi connectivity index (χ4v) is 7.46. The van der Waals surface area contributed by atoms with Crippen molar-refractivity contribution in [1.82, 2.24) is 49.8 Å². The second-order valence-corrected chi connectivity index (χ2v) is 15.1. The SMILES string of the molecule is O=C1NCCCC[C@@H]1Nc1nc2ccccc2c2nc(-c3ccc(Cl)cc3)nn12.O=C1NCCCC[C@H]1Nc1nc2ccccc2c2nc(-c3ccc(Cl)cc3)nn12. The van der Waals surface area contributed by atoms with Crippen molar-refractivity contribution in [2.24, 2.45) is 0 Å². The number of halogens is 2. The highest BCUT2D eigenvalue weighted by molar-refractivity contribution is 6.31. The van der Waals surface area contributed by atoms with E-state index in [4.69, 9.17) is 43.1 Å². The summed E-state index contributed by atoms with van der Waals surface area (Å²) in [4.78, 5) is 43.8. The van der Waals surface area contributed by atoms with Gasteiger partial charge in [-0.25, -0.2) is 19.9 Å². The first-order valence-corrected chi connectivity index (χ1v) is 20.0. The Balaban J connectivity index is 0.000000150. The van der Waals surface area contributed by atoms with Crippen molar-refractivity contribution < 1.29 is 9.59 Å². The molecule has 6 heterocycles. The van der Waals surface area contributed by atoms with Crippen LogP contribution in [0.2, 0.25) is 10.0 Å². The number of benzene rings is 4. The molecule has 2 atom stereocenters. The fourth-order valence-electron chi connectivity index (χ4n) is 7.21. The highest BCUT2D eigenvalue weighted by atomic mass is 35.5. The normalized spacial score (nSPS) is 17.3. The van der Waals surface area contributed by atoms with Gasteiger partial charge < -0.3 is 21.3 Å². The summed E-state index contributed by atoms with van der Waals surface area (Å²) in [5.74, 6) is 2.15. The average molecular weight is 814 g/mol. The van der Waals surface area contributed by atoms with Gasteiger partial charge in [-0.1, -0.05) is 47.5 Å². The quantitative estimate of drug-likeness (QED) is 0.133. The van der Waals surface area contributed by atoms with E-state index in [1.165, 1.54) is 0 Å². The molecule has 0 aliphatic carbocycles. The van der Waals surface area contributed by atoms with Crippen LogP contribution < -0.4 is 21.3 Å². The first kappa shape index (κ1) is 37.2. The van der Waals surface area contributed by atoms with Gasteiger partial charge in [0, 0.05) is 45.0 Å². The van der Waals surface area contributed by atoms with E-state index in [9.17, 15) is 9.59 Å². The zero-order valence-corrected chi connectivity index (χ0v) is 32.7. The Morgan fingerprint density at radius 3 is 1.38 bits per heavy atom. The van der Waals surface area contributed by atoms with Crippen molar-refractivity contribution >= 4 is 80.0 Å². The Hall–Kier alpha value is -6.38. The van der Waals surface area contributed by atoms with Crippen molar-refractivity contribution in [3.63, 3.8) is 0 Å². The van der Waals surface area contributed by atoms with Crippen LogP contribution in [0.4, 0.5) is 11.9 Å². The molecule has 0 radical (unpaired) electrons. The molecule has 16 heteroatoms. The molecule has 4 aromatic heterocycles. The van der Waals surface area contributed by atoms with E-state index in [2.05, 4.69) is 31.5 Å². The molecule has 10 rings (SSSR count). The lowest BCUT2D eigenvalue weighted by atomic mass is 10.1. The number of aromatic nitrogens is 8. The molecule has 58 heavy (non-hydrogen) atoms. The Morgan fingerprint density at radius 2 is 0.948 bits per heavy atom. The van der Waals surface area contributed by atoms with E-state index in [-0.39, 0.29) is 23.9 Å². The molecule has 8 aromatic rings. The molecule has 14 nitrogen and oxygen atoms in total. The number of amides is 2. The Labute approximate surface area is 342 Å². The van der Waals surface area contributed by atoms with Gasteiger partial charge in [-0.05, 0) is 111 Å². The Morgan fingerprint density at radius 1 is 0.534 bits per heavy atom. The van der Waals surface area contributed by atoms with Crippen LogP contribution in [0.3, 0.4) is 0 Å². The third kappa shape index (κ3) is 7.68. The Bertz CT molecular complexity index is 2600. The summed E-state index contributed by atoms with van der Waals surface area (Å²) in [6.45, 7) is 1.42. The van der Waals surface area contributed by atoms with Crippen molar-refractivity contribution in [2.45, 2.75) is 50.6 Å². The molecule has 0 bridgehead atoms. The summed E-state index contributed by atoms with van der Waals surface area (Å²) in [6, 6.07) is 29.7. The van der Waals surface area contributed by atoms with Crippen LogP contribution in [0.1, 0.15) is 38.5 Å². The van der Waals surface area contributed by atoms with E-state index < -0.39 is 0 Å². The van der Waals surface area contributed by atoms with Crippen molar-refractivity contribution in [3.05, 3.63) is 107 Å². The smallest absolute Gasteiger partial charge is 0.242 e. The summed E-state index contributed by atoms with van der Waals surface area (Å²) in [6.07, 6.45) is 5.41. The molecule has 2 fully saturated rings. The second-order valence-electron chi connectivity index (χ2n) is 14.2. The van der Waals surface area contributed by atoms with Gasteiger partial charge >= 0.3 is 0 Å². The second kappa shape index (κ2) is 16.2. The van der Waals surface area contributed by atoms with Crippen LogP contribution >= 0.6 is 23.2 Å². The van der Waals surface area contributed by atoms with Crippen molar-refractivity contribution in [3.8, 4) is 22.8 Å². The summed E-state index contributed by atoms with van der Waals surface area (Å²) >= 11 is 12.0. The van der Waals surface area contributed by atoms with Gasteiger partial charge in [0.1, 0.15) is 12.1 Å². The molecule has 2 saturated heterocycles. The molecule has 0 unspecified atom stereocenters. The number of hydrogen-bond acceptors (Lipinski definition) is 10. The molecule has 2 aliphatic rings. The molecular formula is C42H38Cl2N12O2. The predicted octanol–water partition coefficient (Wildman–Crippen LogP) is 7.36. The molecule has 292 valence electrons. The molecular weight excluding hydrogens is 775 g/mol. The minimum atomic E-state index is -0.349. The van der Waals surface area contributed by atoms with Crippen LogP contribution in [0, 0.1) is 0 Å². The van der Waals surface area contributed by atoms with Crippen molar-refractivity contribution in [2.75, 3.05) is 23.7 Å². The Kier molecular flexibility index (Phi) is 10.4. The third-order valence-electron chi connectivity index (χ3n) is 10.2. The zero-order valence-electron chi connectivity index (χ0n) is 31.2. The number of nitrogens with zero attached hydrogens (tertiary/aromatic N) is 8. The number of nitrogens with one attached hydrogen (secondary N) is 4. The van der Waals surface area contributed by atoms with Gasteiger partial charge in [0.25, 0.3) is 0 Å². The minimum absolute atomic E-state index is 0.0105. The van der Waals surface area contributed by atoms with Gasteiger partial charge in [-0.2, -0.15) is 9.03 Å². The number of carbonyl (C=O) groups excluding carboxylic acids is 2. The minimum Gasteiger partial charge on any atom is -0.354 e. The first-order valence-electron chi connectivity index (χ1n) is 19.3. The number of para-hydroxylation sites is 2. The molecule has 0 saturated carbocycles. The lowest BCUT2D eigenvalue weighted by Crippen LogP contribution is -2.38. The maximum atomic E-state index is 12.4. The maximum Gasteiger partial charge on any atom is 0.242 e. The summed E-state index contributed by atoms with van der Waals surface area (Å²) in [5.41, 5.74) is 4.70. The fraction of sp³-hybridized carbons (Fsp3) is 0.238. The van der Waals surface area contributed by atoms with Crippen LogP contribution in [0.25, 0.3) is 55.9 Å². The standard InChI is InChI=1S/2C21H19ClN6O/c2*22-14-10-8-13(9-11-14)18-26-19-15-5-1-2-6-16(15)24-21(28(19)27-18)25-17-7-3-4-12-23-20(17)29/h2*1-2,5-6,8-11,17H,3-4,7,12H2,(H,23,29)(H,24,25)/t2*17-/m10/s1.